The van der Waals surface area contributed by atoms with Crippen LogP contribution in [0.5, 0.6) is 0 Å². The van der Waals surface area contributed by atoms with E-state index in [0.717, 1.165) is 0 Å². The summed E-state index contributed by atoms with van der Waals surface area (Å²) in [6.07, 6.45) is -0.129. The largest absolute Gasteiger partial charge is 0.469 e. The van der Waals surface area contributed by atoms with Crippen LogP contribution in [-0.4, -0.2) is 13.1 Å². The lowest BCUT2D eigenvalue weighted by molar-refractivity contribution is -0.139. The minimum atomic E-state index is -0.499. The first kappa shape index (κ1) is 10.5. The fourth-order valence-electron chi connectivity index (χ4n) is 1.15. The zero-order valence-corrected chi connectivity index (χ0v) is 8.13. The lowest BCUT2D eigenvalue weighted by Crippen LogP contribution is -2.09. The number of halogens is 1. The number of rotatable bonds is 2. The smallest absolute Gasteiger partial charge is 0.310 e. The van der Waals surface area contributed by atoms with Gasteiger partial charge < -0.3 is 10.5 Å². The van der Waals surface area contributed by atoms with Crippen molar-refractivity contribution in [3.05, 3.63) is 29.1 Å². The minimum Gasteiger partial charge on any atom is -0.469 e. The van der Waals surface area contributed by atoms with Gasteiger partial charge in [-0.1, -0.05) is 6.07 Å². The number of ether oxygens (including phenoxy) is 1. The van der Waals surface area contributed by atoms with E-state index in [1.807, 2.05) is 0 Å². The van der Waals surface area contributed by atoms with E-state index in [-0.39, 0.29) is 17.7 Å². The summed E-state index contributed by atoms with van der Waals surface area (Å²) in [6.45, 7) is 1.62. The topological polar surface area (TPSA) is 52.3 Å². The predicted molar refractivity (Wildman–Crippen MR) is 51.3 cm³/mol. The summed E-state index contributed by atoms with van der Waals surface area (Å²) in [5.41, 5.74) is 6.50. The van der Waals surface area contributed by atoms with Crippen molar-refractivity contribution in [3.8, 4) is 0 Å². The van der Waals surface area contributed by atoms with Gasteiger partial charge in [0, 0.05) is 11.3 Å². The van der Waals surface area contributed by atoms with Crippen molar-refractivity contribution in [3.63, 3.8) is 0 Å². The van der Waals surface area contributed by atoms with Crippen LogP contribution in [0.15, 0.2) is 12.1 Å². The molecule has 0 saturated heterocycles. The number of benzene rings is 1. The van der Waals surface area contributed by atoms with Crippen molar-refractivity contribution in [2.24, 2.45) is 0 Å². The van der Waals surface area contributed by atoms with Gasteiger partial charge in [-0.15, -0.1) is 0 Å². The number of anilines is 1. The van der Waals surface area contributed by atoms with Gasteiger partial charge in [-0.25, -0.2) is 4.39 Å². The molecule has 0 aliphatic heterocycles. The monoisotopic (exact) mass is 197 g/mol. The molecule has 1 aromatic carbocycles. The molecule has 1 aromatic rings. The average molecular weight is 197 g/mol. The van der Waals surface area contributed by atoms with Gasteiger partial charge in [-0.3, -0.25) is 4.79 Å². The molecule has 0 fully saturated rings. The van der Waals surface area contributed by atoms with E-state index < -0.39 is 11.8 Å². The first-order valence-electron chi connectivity index (χ1n) is 4.16. The zero-order valence-electron chi connectivity index (χ0n) is 8.13. The molecule has 0 radical (unpaired) electrons. The lowest BCUT2D eigenvalue weighted by Gasteiger charge is -2.07. The van der Waals surface area contributed by atoms with E-state index in [9.17, 15) is 9.18 Å². The van der Waals surface area contributed by atoms with Gasteiger partial charge in [0.25, 0.3) is 0 Å². The summed E-state index contributed by atoms with van der Waals surface area (Å²) in [5.74, 6) is -0.934. The summed E-state index contributed by atoms with van der Waals surface area (Å²) in [7, 11) is 1.26. The Labute approximate surface area is 81.7 Å². The summed E-state index contributed by atoms with van der Waals surface area (Å²) < 4.78 is 17.9. The van der Waals surface area contributed by atoms with Crippen LogP contribution < -0.4 is 5.73 Å². The first-order valence-corrected chi connectivity index (χ1v) is 4.16. The highest BCUT2D eigenvalue weighted by atomic mass is 19.1. The standard InChI is InChI=1S/C10H12FNO2/c1-6-3-4-8(12)7(10(6)11)5-9(13)14-2/h3-4H,5,12H2,1-2H3. The molecule has 4 heteroatoms. The molecule has 0 saturated carbocycles. The number of carbonyl (C=O) groups is 1. The van der Waals surface area contributed by atoms with Gasteiger partial charge in [0.2, 0.25) is 0 Å². The second-order valence-corrected chi connectivity index (χ2v) is 3.02. The number of carbonyl (C=O) groups excluding carboxylic acids is 1. The molecule has 0 spiro atoms. The fraction of sp³-hybridized carbons (Fsp3) is 0.300. The summed E-state index contributed by atoms with van der Waals surface area (Å²) in [5, 5.41) is 0. The van der Waals surface area contributed by atoms with Gasteiger partial charge in [0.15, 0.2) is 0 Å². The van der Waals surface area contributed by atoms with Crippen LogP contribution in [0.4, 0.5) is 10.1 Å². The van der Waals surface area contributed by atoms with Crippen molar-refractivity contribution in [2.75, 3.05) is 12.8 Å². The third-order valence-corrected chi connectivity index (χ3v) is 2.02. The van der Waals surface area contributed by atoms with Crippen molar-refractivity contribution in [2.45, 2.75) is 13.3 Å². The van der Waals surface area contributed by atoms with E-state index in [2.05, 4.69) is 4.74 Å². The molecule has 2 N–H and O–H groups in total. The summed E-state index contributed by atoms with van der Waals surface area (Å²) in [6, 6.07) is 3.15. The average Bonchev–Trinajstić information content (AvgIpc) is 2.18. The third-order valence-electron chi connectivity index (χ3n) is 2.02. The summed E-state index contributed by atoms with van der Waals surface area (Å²) >= 11 is 0. The number of hydrogen-bond acceptors (Lipinski definition) is 3. The number of nitrogens with two attached hydrogens (primary N) is 1. The van der Waals surface area contributed by atoms with Crippen molar-refractivity contribution >= 4 is 11.7 Å². The van der Waals surface area contributed by atoms with Gasteiger partial charge in [-0.2, -0.15) is 0 Å². The molecular weight excluding hydrogens is 185 g/mol. The van der Waals surface area contributed by atoms with E-state index in [1.54, 1.807) is 19.1 Å². The number of aryl methyl sites for hydroxylation is 1. The molecule has 3 nitrogen and oxygen atoms in total. The van der Waals surface area contributed by atoms with Crippen molar-refractivity contribution in [1.29, 1.82) is 0 Å². The van der Waals surface area contributed by atoms with E-state index in [4.69, 9.17) is 5.73 Å². The van der Waals surface area contributed by atoms with Gasteiger partial charge in [0.1, 0.15) is 5.82 Å². The van der Waals surface area contributed by atoms with Crippen LogP contribution >= 0.6 is 0 Å². The Morgan fingerprint density at radius 1 is 1.57 bits per heavy atom. The highest BCUT2D eigenvalue weighted by Crippen LogP contribution is 2.20. The quantitative estimate of drug-likeness (QED) is 0.576. The Morgan fingerprint density at radius 2 is 2.21 bits per heavy atom. The molecule has 1 rings (SSSR count). The highest BCUT2D eigenvalue weighted by molar-refractivity contribution is 5.75. The molecule has 0 aliphatic carbocycles. The number of nitrogen functional groups attached to an aromatic ring is 1. The number of esters is 1. The molecular formula is C10H12FNO2. The molecule has 0 heterocycles. The molecule has 0 amide bonds. The highest BCUT2D eigenvalue weighted by Gasteiger charge is 2.13. The van der Waals surface area contributed by atoms with Gasteiger partial charge in [-0.05, 0) is 18.6 Å². The zero-order chi connectivity index (χ0) is 10.7. The van der Waals surface area contributed by atoms with Gasteiger partial charge in [0.05, 0.1) is 13.5 Å². The predicted octanol–water partition coefficient (Wildman–Crippen LogP) is 1.43. The number of methoxy groups -OCH3 is 1. The Hall–Kier alpha value is -1.58. The van der Waals surface area contributed by atoms with Crippen LogP contribution in [0.2, 0.25) is 0 Å². The molecule has 0 atom stereocenters. The Morgan fingerprint density at radius 3 is 2.79 bits per heavy atom. The normalized spacial score (nSPS) is 9.93. The Balaban J connectivity index is 3.06. The van der Waals surface area contributed by atoms with E-state index >= 15 is 0 Å². The SMILES string of the molecule is COC(=O)Cc1c(N)ccc(C)c1F. The summed E-state index contributed by atoms with van der Waals surface area (Å²) in [4.78, 5) is 11.0. The van der Waals surface area contributed by atoms with Crippen LogP contribution in [0.1, 0.15) is 11.1 Å². The van der Waals surface area contributed by atoms with Crippen LogP contribution in [-0.2, 0) is 16.0 Å². The first-order chi connectivity index (χ1) is 6.56. The van der Waals surface area contributed by atoms with Crippen molar-refractivity contribution in [1.82, 2.24) is 0 Å². The van der Waals surface area contributed by atoms with Crippen LogP contribution in [0.3, 0.4) is 0 Å². The van der Waals surface area contributed by atoms with Crippen molar-refractivity contribution < 1.29 is 13.9 Å². The maximum absolute atomic E-state index is 13.5. The molecule has 76 valence electrons. The van der Waals surface area contributed by atoms with Crippen LogP contribution in [0.25, 0.3) is 0 Å². The Bertz CT molecular complexity index is 363. The Kier molecular flexibility index (Phi) is 3.06. The maximum atomic E-state index is 13.5. The second-order valence-electron chi connectivity index (χ2n) is 3.02. The van der Waals surface area contributed by atoms with E-state index in [0.29, 0.717) is 5.56 Å². The van der Waals surface area contributed by atoms with Crippen LogP contribution in [0, 0.1) is 12.7 Å². The number of hydrogen-bond donors (Lipinski definition) is 1. The molecule has 0 bridgehead atoms. The molecule has 0 aromatic heterocycles. The molecule has 14 heavy (non-hydrogen) atoms. The molecule has 0 aliphatic rings. The second kappa shape index (κ2) is 4.09. The molecule has 0 unspecified atom stereocenters. The fourth-order valence-corrected chi connectivity index (χ4v) is 1.15. The third kappa shape index (κ3) is 2.02. The minimum absolute atomic E-state index is 0.129. The maximum Gasteiger partial charge on any atom is 0.310 e. The van der Waals surface area contributed by atoms with Gasteiger partial charge >= 0.3 is 5.97 Å². The van der Waals surface area contributed by atoms with E-state index in [1.165, 1.54) is 7.11 Å². The lowest BCUT2D eigenvalue weighted by atomic mass is 10.1.